The Labute approximate surface area is 74.4 Å². The van der Waals surface area contributed by atoms with E-state index in [1.165, 1.54) is 0 Å². The minimum absolute atomic E-state index is 0.123. The number of allylic oxidation sites excluding steroid dienone is 4. The summed E-state index contributed by atoms with van der Waals surface area (Å²) < 4.78 is 4.93. The molecule has 2 aliphatic rings. The maximum Gasteiger partial charge on any atom is 0.333 e. The van der Waals surface area contributed by atoms with Crippen molar-refractivity contribution in [3.63, 3.8) is 0 Å². The van der Waals surface area contributed by atoms with E-state index in [4.69, 9.17) is 16.3 Å². The van der Waals surface area contributed by atoms with E-state index in [-0.39, 0.29) is 12.5 Å². The lowest BCUT2D eigenvalue weighted by atomic mass is 10.1. The number of carbonyl (C=O) groups is 1. The van der Waals surface area contributed by atoms with Gasteiger partial charge in [0.05, 0.1) is 5.71 Å². The van der Waals surface area contributed by atoms with E-state index in [0.29, 0.717) is 17.2 Å². The molecule has 1 heterocycles. The smallest absolute Gasteiger partial charge is 0.333 e. The molecule has 3 nitrogen and oxygen atoms in total. The summed E-state index contributed by atoms with van der Waals surface area (Å²) >= 11 is 5.72. The molecule has 0 N–H and O–H groups in total. The molecule has 62 valence electrons. The first-order chi connectivity index (χ1) is 5.75. The van der Waals surface area contributed by atoms with Crippen molar-refractivity contribution in [1.29, 1.82) is 0 Å². The van der Waals surface area contributed by atoms with Gasteiger partial charge in [-0.15, -0.1) is 0 Å². The second-order valence-corrected chi connectivity index (χ2v) is 2.98. The molecule has 4 heteroatoms. The number of halogens is 1. The number of carbonyl (C=O) groups excluding carboxylic acids is 1. The SMILES string of the molecule is O=C1CN=C2CC=C(Cl)C=C2O1. The van der Waals surface area contributed by atoms with Crippen molar-refractivity contribution in [3.8, 4) is 0 Å². The zero-order chi connectivity index (χ0) is 8.55. The van der Waals surface area contributed by atoms with E-state index in [2.05, 4.69) is 4.99 Å². The Morgan fingerprint density at radius 1 is 1.58 bits per heavy atom. The van der Waals surface area contributed by atoms with Gasteiger partial charge >= 0.3 is 5.97 Å². The van der Waals surface area contributed by atoms with E-state index < -0.39 is 0 Å². The van der Waals surface area contributed by atoms with Gasteiger partial charge < -0.3 is 4.74 Å². The van der Waals surface area contributed by atoms with Crippen molar-refractivity contribution in [2.75, 3.05) is 6.54 Å². The summed E-state index contributed by atoms with van der Waals surface area (Å²) in [7, 11) is 0. The van der Waals surface area contributed by atoms with Crippen LogP contribution in [0.15, 0.2) is 27.9 Å². The number of nitrogens with zero attached hydrogens (tertiary/aromatic N) is 1. The lowest BCUT2D eigenvalue weighted by Gasteiger charge is -2.17. The van der Waals surface area contributed by atoms with E-state index >= 15 is 0 Å². The van der Waals surface area contributed by atoms with E-state index in [1.54, 1.807) is 6.08 Å². The van der Waals surface area contributed by atoms with Gasteiger partial charge in [-0.1, -0.05) is 17.7 Å². The number of aliphatic imine (C=N–C) groups is 1. The fourth-order valence-electron chi connectivity index (χ4n) is 1.11. The van der Waals surface area contributed by atoms with Gasteiger partial charge in [-0.05, 0) is 0 Å². The number of fused-ring (bicyclic) bond motifs is 1. The van der Waals surface area contributed by atoms with Gasteiger partial charge in [0, 0.05) is 17.5 Å². The van der Waals surface area contributed by atoms with Gasteiger partial charge in [0.25, 0.3) is 0 Å². The number of hydrogen-bond acceptors (Lipinski definition) is 3. The molecule has 0 atom stereocenters. The summed E-state index contributed by atoms with van der Waals surface area (Å²) in [6.07, 6.45) is 4.10. The van der Waals surface area contributed by atoms with Gasteiger partial charge in [-0.2, -0.15) is 0 Å². The fraction of sp³-hybridized carbons (Fsp3) is 0.250. The Kier molecular flexibility index (Phi) is 1.73. The first-order valence-corrected chi connectivity index (χ1v) is 3.95. The zero-order valence-electron chi connectivity index (χ0n) is 6.21. The Bertz CT molecular complexity index is 328. The minimum Gasteiger partial charge on any atom is -0.423 e. The number of ether oxygens (including phenoxy) is 1. The van der Waals surface area contributed by atoms with E-state index in [1.807, 2.05) is 6.08 Å². The first-order valence-electron chi connectivity index (χ1n) is 3.57. The molecule has 0 aromatic heterocycles. The van der Waals surface area contributed by atoms with Crippen LogP contribution in [0.5, 0.6) is 0 Å². The third-order valence-corrected chi connectivity index (χ3v) is 1.93. The lowest BCUT2D eigenvalue weighted by Crippen LogP contribution is -2.22. The fourth-order valence-corrected chi connectivity index (χ4v) is 1.28. The highest BCUT2D eigenvalue weighted by molar-refractivity contribution is 6.32. The third-order valence-electron chi connectivity index (χ3n) is 1.67. The molecule has 0 aromatic rings. The van der Waals surface area contributed by atoms with Crippen LogP contribution in [0.1, 0.15) is 6.42 Å². The zero-order valence-corrected chi connectivity index (χ0v) is 6.97. The average Bonchev–Trinajstić information content (AvgIpc) is 2.03. The predicted molar refractivity (Wildman–Crippen MR) is 45.0 cm³/mol. The van der Waals surface area contributed by atoms with Crippen LogP contribution in [0.25, 0.3) is 0 Å². The molecule has 0 fully saturated rings. The van der Waals surface area contributed by atoms with Crippen molar-refractivity contribution in [3.05, 3.63) is 22.9 Å². The molecule has 0 saturated carbocycles. The molecule has 0 aromatic carbocycles. The molecular weight excluding hydrogens is 178 g/mol. The molecule has 0 bridgehead atoms. The Morgan fingerprint density at radius 3 is 3.25 bits per heavy atom. The topological polar surface area (TPSA) is 38.7 Å². The largest absolute Gasteiger partial charge is 0.423 e. The summed E-state index contributed by atoms with van der Waals surface area (Å²) in [5.41, 5.74) is 0.805. The average molecular weight is 184 g/mol. The molecule has 0 unspecified atom stereocenters. The highest BCUT2D eigenvalue weighted by Crippen LogP contribution is 2.21. The van der Waals surface area contributed by atoms with Crippen molar-refractivity contribution < 1.29 is 9.53 Å². The lowest BCUT2D eigenvalue weighted by molar-refractivity contribution is -0.137. The van der Waals surface area contributed by atoms with Gasteiger partial charge in [0.1, 0.15) is 6.54 Å². The second-order valence-electron chi connectivity index (χ2n) is 2.54. The van der Waals surface area contributed by atoms with E-state index in [0.717, 1.165) is 5.71 Å². The summed E-state index contributed by atoms with van der Waals surface area (Å²) in [6.45, 7) is 0.123. The van der Waals surface area contributed by atoms with Crippen LogP contribution in [0.3, 0.4) is 0 Å². The molecule has 0 radical (unpaired) electrons. The van der Waals surface area contributed by atoms with Crippen LogP contribution in [-0.2, 0) is 9.53 Å². The summed E-state index contributed by atoms with van der Waals surface area (Å²) in [5, 5.41) is 0.596. The Balaban J connectivity index is 2.35. The van der Waals surface area contributed by atoms with Crippen molar-refractivity contribution in [2.24, 2.45) is 4.99 Å². The van der Waals surface area contributed by atoms with Crippen molar-refractivity contribution in [1.82, 2.24) is 0 Å². The maximum atomic E-state index is 10.8. The number of hydrogen-bond donors (Lipinski definition) is 0. The molecular formula is C8H6ClNO2. The maximum absolute atomic E-state index is 10.8. The summed E-state index contributed by atoms with van der Waals surface area (Å²) in [5.74, 6) is 0.176. The normalized spacial score (nSPS) is 21.8. The van der Waals surface area contributed by atoms with Crippen molar-refractivity contribution in [2.45, 2.75) is 6.42 Å². The van der Waals surface area contributed by atoms with Crippen LogP contribution in [-0.4, -0.2) is 18.2 Å². The number of rotatable bonds is 0. The molecule has 1 aliphatic heterocycles. The first kappa shape index (κ1) is 7.55. The highest BCUT2D eigenvalue weighted by Gasteiger charge is 2.20. The molecule has 0 spiro atoms. The third kappa shape index (κ3) is 1.28. The van der Waals surface area contributed by atoms with Crippen LogP contribution in [0.4, 0.5) is 0 Å². The summed E-state index contributed by atoms with van der Waals surface area (Å²) in [6, 6.07) is 0. The molecule has 0 saturated heterocycles. The second kappa shape index (κ2) is 2.75. The van der Waals surface area contributed by atoms with Crippen LogP contribution in [0.2, 0.25) is 0 Å². The van der Waals surface area contributed by atoms with Gasteiger partial charge in [0.2, 0.25) is 0 Å². The molecule has 2 rings (SSSR count). The summed E-state index contributed by atoms with van der Waals surface area (Å²) in [4.78, 5) is 14.8. The molecule has 0 amide bonds. The number of esters is 1. The quantitative estimate of drug-likeness (QED) is 0.533. The van der Waals surface area contributed by atoms with E-state index in [9.17, 15) is 4.79 Å². The Hall–Kier alpha value is -1.09. The Morgan fingerprint density at radius 2 is 2.42 bits per heavy atom. The molecule has 12 heavy (non-hydrogen) atoms. The highest BCUT2D eigenvalue weighted by atomic mass is 35.5. The van der Waals surface area contributed by atoms with Crippen LogP contribution < -0.4 is 0 Å². The van der Waals surface area contributed by atoms with Crippen LogP contribution >= 0.6 is 11.6 Å². The minimum atomic E-state index is -0.323. The molecule has 1 aliphatic carbocycles. The van der Waals surface area contributed by atoms with Crippen LogP contribution in [0, 0.1) is 0 Å². The van der Waals surface area contributed by atoms with Crippen molar-refractivity contribution >= 4 is 23.3 Å². The standard InChI is InChI=1S/C8H6ClNO2/c9-5-1-2-6-7(3-5)12-8(11)4-10-6/h1,3H,2,4H2. The predicted octanol–water partition coefficient (Wildman–Crippen LogP) is 1.39. The van der Waals surface area contributed by atoms with Gasteiger partial charge in [-0.25, -0.2) is 4.79 Å². The monoisotopic (exact) mass is 183 g/mol. The van der Waals surface area contributed by atoms with Gasteiger partial charge in [0.15, 0.2) is 5.76 Å². The van der Waals surface area contributed by atoms with Gasteiger partial charge in [-0.3, -0.25) is 4.99 Å².